The normalized spacial score (nSPS) is 27.3. The molecule has 6 heterocycles. The molecule has 2 bridgehead atoms. The van der Waals surface area contributed by atoms with Crippen LogP contribution in [0.3, 0.4) is 0 Å². The molecule has 4 atom stereocenters. The number of aromatic hydroxyl groups is 1. The Morgan fingerprint density at radius 3 is 2.76 bits per heavy atom. The molecule has 2 aromatic heterocycles. The molecule has 0 spiro atoms. The Labute approximate surface area is 240 Å². The van der Waals surface area contributed by atoms with E-state index in [9.17, 15) is 9.50 Å². The number of ether oxygens (including phenoxy) is 1. The molecule has 0 amide bonds. The first-order valence-corrected chi connectivity index (χ1v) is 14.7. The van der Waals surface area contributed by atoms with Gasteiger partial charge in [0.1, 0.15) is 41.4 Å². The smallest absolute Gasteiger partial charge is 0.319 e. The molecule has 8 rings (SSSR count). The molecule has 4 aliphatic rings. The number of phenols is 1. The summed E-state index contributed by atoms with van der Waals surface area (Å²) in [7, 11) is 0. The van der Waals surface area contributed by atoms with E-state index in [0.717, 1.165) is 32.2 Å². The maximum atomic E-state index is 16.5. The van der Waals surface area contributed by atoms with Gasteiger partial charge in [-0.2, -0.15) is 9.97 Å². The molecule has 11 heteroatoms. The van der Waals surface area contributed by atoms with Gasteiger partial charge in [-0.1, -0.05) is 12.1 Å². The number of halogens is 3. The number of piperazine rings is 1. The van der Waals surface area contributed by atoms with E-state index in [0.29, 0.717) is 54.7 Å². The number of hydrogen-bond donors (Lipinski definition) is 2. The number of nitrogens with one attached hydrogen (secondary N) is 1. The minimum absolute atomic E-state index is 0.00859. The summed E-state index contributed by atoms with van der Waals surface area (Å²) < 4.78 is 52.2. The lowest BCUT2D eigenvalue weighted by Gasteiger charge is -2.34. The topological polar surface area (TPSA) is 86.6 Å². The maximum absolute atomic E-state index is 16.5. The van der Waals surface area contributed by atoms with Crippen LogP contribution in [0.15, 0.2) is 36.5 Å². The summed E-state index contributed by atoms with van der Waals surface area (Å²) in [4.78, 5) is 18.0. The Morgan fingerprint density at radius 2 is 1.93 bits per heavy atom. The zero-order valence-corrected chi connectivity index (χ0v) is 23.0. The molecule has 2 N–H and O–H groups in total. The average molecular weight is 577 g/mol. The van der Waals surface area contributed by atoms with Crippen LogP contribution >= 0.6 is 0 Å². The predicted molar refractivity (Wildman–Crippen MR) is 153 cm³/mol. The molecule has 218 valence electrons. The highest BCUT2D eigenvalue weighted by atomic mass is 19.1. The Kier molecular flexibility index (Phi) is 5.98. The highest BCUT2D eigenvalue weighted by Gasteiger charge is 2.49. The number of alkyl halides is 1. The van der Waals surface area contributed by atoms with Crippen LogP contribution in [-0.2, 0) is 0 Å². The fourth-order valence-electron chi connectivity index (χ4n) is 7.69. The number of benzene rings is 2. The first-order valence-electron chi connectivity index (χ1n) is 14.7. The Hall–Kier alpha value is -3.70. The lowest BCUT2D eigenvalue weighted by molar-refractivity contribution is 0.107. The van der Waals surface area contributed by atoms with Crippen molar-refractivity contribution in [2.45, 2.75) is 55.9 Å². The molecule has 2 aromatic carbocycles. The molecule has 0 aliphatic carbocycles. The zero-order valence-electron chi connectivity index (χ0n) is 23.0. The van der Waals surface area contributed by atoms with Gasteiger partial charge in [-0.25, -0.2) is 13.2 Å². The van der Waals surface area contributed by atoms with Crippen LogP contribution in [0.2, 0.25) is 0 Å². The second-order valence-corrected chi connectivity index (χ2v) is 12.3. The summed E-state index contributed by atoms with van der Waals surface area (Å²) in [6.07, 6.45) is 4.94. The molecule has 4 saturated heterocycles. The number of rotatable bonds is 5. The average Bonchev–Trinajstić information content (AvgIpc) is 3.61. The van der Waals surface area contributed by atoms with Gasteiger partial charge in [0.05, 0.1) is 10.9 Å². The molecular formula is C31H31F3N6O2. The summed E-state index contributed by atoms with van der Waals surface area (Å²) in [6, 6.07) is 7.88. The minimum Gasteiger partial charge on any atom is -0.508 e. The Balaban J connectivity index is 1.26. The summed E-state index contributed by atoms with van der Waals surface area (Å²) in [5.41, 5.74) is -0.396. The van der Waals surface area contributed by atoms with Crippen molar-refractivity contribution in [1.29, 1.82) is 0 Å². The monoisotopic (exact) mass is 576 g/mol. The highest BCUT2D eigenvalue weighted by molar-refractivity contribution is 6.00. The second kappa shape index (κ2) is 9.67. The summed E-state index contributed by atoms with van der Waals surface area (Å²) >= 11 is 0. The number of pyridine rings is 1. The van der Waals surface area contributed by atoms with Crippen LogP contribution in [0.5, 0.6) is 11.8 Å². The lowest BCUT2D eigenvalue weighted by Crippen LogP contribution is -2.51. The van der Waals surface area contributed by atoms with Crippen molar-refractivity contribution in [2.24, 2.45) is 0 Å². The van der Waals surface area contributed by atoms with Gasteiger partial charge in [-0.05, 0) is 55.8 Å². The third kappa shape index (κ3) is 4.16. The number of fused-ring (bicyclic) bond motifs is 5. The van der Waals surface area contributed by atoms with Crippen molar-refractivity contribution in [3.63, 3.8) is 0 Å². The predicted octanol–water partition coefficient (Wildman–Crippen LogP) is 4.72. The standard InChI is InChI=1S/C31H31F3N6O2/c32-18-11-31(7-2-8-40(31)13-18)16-42-30-37-28-23(29(38-30)39-14-19-5-6-20(15-39)36-19)12-35-27(26(28)34)22-10-21(41)9-17-3-1-4-24(33)25(17)22/h1,3-4,9-10,12,18-20,36,41H,2,5-8,11,13-16H2/t18-,19?,20?,31+/m1/s1. The van der Waals surface area contributed by atoms with E-state index in [4.69, 9.17) is 9.72 Å². The Morgan fingerprint density at radius 1 is 1.10 bits per heavy atom. The summed E-state index contributed by atoms with van der Waals surface area (Å²) in [5, 5.41) is 15.0. The summed E-state index contributed by atoms with van der Waals surface area (Å²) in [5.74, 6) is -0.889. The van der Waals surface area contributed by atoms with Gasteiger partial charge in [0.15, 0.2) is 5.82 Å². The van der Waals surface area contributed by atoms with Crippen molar-refractivity contribution in [3.05, 3.63) is 48.2 Å². The minimum atomic E-state index is -0.901. The van der Waals surface area contributed by atoms with Crippen molar-refractivity contribution in [3.8, 4) is 23.0 Å². The van der Waals surface area contributed by atoms with Gasteiger partial charge in [0, 0.05) is 55.3 Å². The van der Waals surface area contributed by atoms with E-state index >= 15 is 8.78 Å². The number of phenolic OH excluding ortho intramolecular Hbond substituents is 1. The number of anilines is 1. The first kappa shape index (κ1) is 26.0. The second-order valence-electron chi connectivity index (χ2n) is 12.3. The first-order chi connectivity index (χ1) is 20.4. The third-order valence-corrected chi connectivity index (χ3v) is 9.56. The molecule has 4 aromatic rings. The van der Waals surface area contributed by atoms with Crippen LogP contribution < -0.4 is 15.0 Å². The quantitative estimate of drug-likeness (QED) is 0.353. The fourth-order valence-corrected chi connectivity index (χ4v) is 7.69. The third-order valence-electron chi connectivity index (χ3n) is 9.56. The number of aromatic nitrogens is 3. The van der Waals surface area contributed by atoms with E-state index < -0.39 is 23.3 Å². The van der Waals surface area contributed by atoms with Crippen molar-refractivity contribution >= 4 is 27.5 Å². The number of nitrogens with zero attached hydrogens (tertiary/aromatic N) is 5. The van der Waals surface area contributed by atoms with Crippen molar-refractivity contribution in [1.82, 2.24) is 25.2 Å². The van der Waals surface area contributed by atoms with Crippen molar-refractivity contribution < 1.29 is 23.0 Å². The molecule has 4 fully saturated rings. The van der Waals surface area contributed by atoms with E-state index in [-0.39, 0.29) is 40.5 Å². The molecule has 42 heavy (non-hydrogen) atoms. The molecule has 0 saturated carbocycles. The summed E-state index contributed by atoms with van der Waals surface area (Å²) in [6.45, 7) is 2.85. The van der Waals surface area contributed by atoms with Gasteiger partial charge in [-0.3, -0.25) is 9.88 Å². The van der Waals surface area contributed by atoms with Crippen LogP contribution in [-0.4, -0.2) is 81.5 Å². The van der Waals surface area contributed by atoms with Crippen LogP contribution in [0, 0.1) is 11.6 Å². The number of hydrogen-bond acceptors (Lipinski definition) is 8. The van der Waals surface area contributed by atoms with E-state index in [2.05, 4.69) is 25.1 Å². The fraction of sp³-hybridized carbons (Fsp3) is 0.452. The van der Waals surface area contributed by atoms with Crippen LogP contribution in [0.1, 0.15) is 32.1 Å². The van der Waals surface area contributed by atoms with Crippen LogP contribution in [0.25, 0.3) is 32.9 Å². The SMILES string of the molecule is Oc1cc(-c2ncc3c(N4CC5CCC(C4)N5)nc(OC[C@@]45CCCN4C[C@H](F)C5)nc3c2F)c2c(F)cccc2c1. The zero-order chi connectivity index (χ0) is 28.6. The van der Waals surface area contributed by atoms with E-state index in [1.807, 2.05) is 0 Å². The van der Waals surface area contributed by atoms with Gasteiger partial charge in [-0.15, -0.1) is 0 Å². The largest absolute Gasteiger partial charge is 0.508 e. The molecule has 4 aliphatic heterocycles. The highest BCUT2D eigenvalue weighted by Crippen LogP contribution is 2.41. The van der Waals surface area contributed by atoms with Gasteiger partial charge in [0.25, 0.3) is 0 Å². The maximum Gasteiger partial charge on any atom is 0.319 e. The van der Waals surface area contributed by atoms with Crippen LogP contribution in [0.4, 0.5) is 19.0 Å². The lowest BCUT2D eigenvalue weighted by atomic mass is 9.95. The molecular weight excluding hydrogens is 545 g/mol. The van der Waals surface area contributed by atoms with Crippen molar-refractivity contribution in [2.75, 3.05) is 37.7 Å². The molecule has 0 radical (unpaired) electrons. The van der Waals surface area contributed by atoms with E-state index in [1.54, 1.807) is 6.07 Å². The molecule has 2 unspecified atom stereocenters. The van der Waals surface area contributed by atoms with Gasteiger partial charge < -0.3 is 20.1 Å². The Bertz CT molecular complexity index is 1710. The van der Waals surface area contributed by atoms with Gasteiger partial charge >= 0.3 is 6.01 Å². The molecule has 8 nitrogen and oxygen atoms in total. The van der Waals surface area contributed by atoms with E-state index in [1.165, 1.54) is 30.5 Å². The van der Waals surface area contributed by atoms with Gasteiger partial charge in [0.2, 0.25) is 0 Å².